The van der Waals surface area contributed by atoms with Crippen molar-refractivity contribution in [3.05, 3.63) is 39.4 Å². The zero-order valence-electron chi connectivity index (χ0n) is 11.4. The van der Waals surface area contributed by atoms with Crippen LogP contribution in [0, 0.1) is 21.7 Å². The average molecular weight is 288 g/mol. The van der Waals surface area contributed by atoms with Gasteiger partial charge in [-0.3, -0.25) is 10.1 Å². The molecule has 0 saturated carbocycles. The van der Waals surface area contributed by atoms with Crippen LogP contribution < -0.4 is 5.32 Å². The summed E-state index contributed by atoms with van der Waals surface area (Å²) in [5.74, 6) is -2.05. The van der Waals surface area contributed by atoms with Gasteiger partial charge in [-0.1, -0.05) is 13.8 Å². The number of nitro groups is 1. The Labute approximate surface area is 115 Å². The molecule has 7 heteroatoms. The number of halogens is 2. The predicted octanol–water partition coefficient (Wildman–Crippen LogP) is 2.51. The van der Waals surface area contributed by atoms with E-state index in [9.17, 15) is 24.0 Å². The van der Waals surface area contributed by atoms with Gasteiger partial charge in [-0.25, -0.2) is 4.39 Å². The molecule has 112 valence electrons. The van der Waals surface area contributed by atoms with Crippen molar-refractivity contribution in [3.8, 4) is 0 Å². The number of hydrogen-bond acceptors (Lipinski definition) is 4. The second kappa shape index (κ2) is 6.71. The summed E-state index contributed by atoms with van der Waals surface area (Å²) >= 11 is 0. The van der Waals surface area contributed by atoms with Crippen LogP contribution in [0.2, 0.25) is 0 Å². The molecule has 1 aromatic rings. The lowest BCUT2D eigenvalue weighted by Crippen LogP contribution is -2.39. The van der Waals surface area contributed by atoms with Crippen LogP contribution in [0.1, 0.15) is 32.3 Å². The van der Waals surface area contributed by atoms with Gasteiger partial charge in [-0.15, -0.1) is 0 Å². The molecule has 0 fully saturated rings. The van der Waals surface area contributed by atoms with Gasteiger partial charge in [0.05, 0.1) is 10.5 Å². The number of nitrogens with one attached hydrogen (secondary N) is 1. The first-order valence-corrected chi connectivity index (χ1v) is 6.38. The van der Waals surface area contributed by atoms with E-state index in [1.165, 1.54) is 0 Å². The molecule has 0 spiro atoms. The normalized spacial score (nSPS) is 11.7. The molecule has 0 atom stereocenters. The first-order chi connectivity index (χ1) is 9.33. The van der Waals surface area contributed by atoms with E-state index in [1.807, 2.05) is 13.8 Å². The Morgan fingerprint density at radius 2 is 1.90 bits per heavy atom. The zero-order valence-corrected chi connectivity index (χ0v) is 11.4. The lowest BCUT2D eigenvalue weighted by molar-refractivity contribution is -0.387. The minimum atomic E-state index is -1.20. The Morgan fingerprint density at radius 3 is 2.40 bits per heavy atom. The molecule has 0 bridgehead atoms. The van der Waals surface area contributed by atoms with E-state index in [2.05, 4.69) is 5.32 Å². The predicted molar refractivity (Wildman–Crippen MR) is 70.3 cm³/mol. The van der Waals surface area contributed by atoms with E-state index in [0.29, 0.717) is 18.9 Å². The third-order valence-corrected chi connectivity index (χ3v) is 3.40. The molecule has 0 aliphatic heterocycles. The molecule has 0 aromatic heterocycles. The fourth-order valence-electron chi connectivity index (χ4n) is 1.79. The van der Waals surface area contributed by atoms with Crippen molar-refractivity contribution in [2.45, 2.75) is 38.8 Å². The van der Waals surface area contributed by atoms with E-state index >= 15 is 0 Å². The molecule has 0 aliphatic carbocycles. The molecule has 0 saturated heterocycles. The summed E-state index contributed by atoms with van der Waals surface area (Å²) < 4.78 is 26.7. The van der Waals surface area contributed by atoms with Crippen molar-refractivity contribution in [1.82, 2.24) is 5.32 Å². The van der Waals surface area contributed by atoms with E-state index < -0.39 is 27.8 Å². The van der Waals surface area contributed by atoms with Crippen molar-refractivity contribution in [2.75, 3.05) is 6.54 Å². The van der Waals surface area contributed by atoms with Gasteiger partial charge in [0, 0.05) is 30.8 Å². The lowest BCUT2D eigenvalue weighted by Gasteiger charge is -2.25. The van der Waals surface area contributed by atoms with Crippen LogP contribution in [0.4, 0.5) is 14.5 Å². The first kappa shape index (κ1) is 16.5. The highest BCUT2D eigenvalue weighted by molar-refractivity contribution is 5.37. The van der Waals surface area contributed by atoms with Gasteiger partial charge in [0.1, 0.15) is 5.82 Å². The van der Waals surface area contributed by atoms with Crippen LogP contribution in [-0.4, -0.2) is 22.2 Å². The highest BCUT2D eigenvalue weighted by Crippen LogP contribution is 2.21. The number of aliphatic hydroxyl groups is 1. The van der Waals surface area contributed by atoms with Gasteiger partial charge in [-0.05, 0) is 12.8 Å². The van der Waals surface area contributed by atoms with E-state index in [1.54, 1.807) is 0 Å². The third kappa shape index (κ3) is 3.94. The maximum Gasteiger partial charge on any atom is 0.305 e. The average Bonchev–Trinajstić information content (AvgIpc) is 2.40. The SMILES string of the molecule is CCC(O)(CC)CNCc1cc([N+](=O)[O-])c(F)cc1F. The van der Waals surface area contributed by atoms with Gasteiger partial charge in [0.2, 0.25) is 5.82 Å². The standard InChI is InChI=1S/C13H18F2N2O3/c1-3-13(18,4-2)8-16-7-9-5-12(17(19)20)11(15)6-10(9)14/h5-6,16,18H,3-4,7-8H2,1-2H3. The molecule has 0 radical (unpaired) electrons. The lowest BCUT2D eigenvalue weighted by atomic mass is 9.97. The van der Waals surface area contributed by atoms with E-state index in [0.717, 1.165) is 6.07 Å². The Hall–Kier alpha value is -1.60. The van der Waals surface area contributed by atoms with Crippen LogP contribution in [-0.2, 0) is 6.54 Å². The van der Waals surface area contributed by atoms with Crippen molar-refractivity contribution < 1.29 is 18.8 Å². The monoisotopic (exact) mass is 288 g/mol. The van der Waals surface area contributed by atoms with Gasteiger partial charge in [0.25, 0.3) is 0 Å². The summed E-state index contributed by atoms with van der Waals surface area (Å²) in [5.41, 5.74) is -1.67. The largest absolute Gasteiger partial charge is 0.389 e. The fourth-order valence-corrected chi connectivity index (χ4v) is 1.79. The Morgan fingerprint density at radius 1 is 1.30 bits per heavy atom. The third-order valence-electron chi connectivity index (χ3n) is 3.40. The number of rotatable bonds is 7. The minimum absolute atomic E-state index is 0.00680. The van der Waals surface area contributed by atoms with E-state index in [4.69, 9.17) is 0 Å². The minimum Gasteiger partial charge on any atom is -0.389 e. The Bertz CT molecular complexity index is 491. The molecule has 0 heterocycles. The molecular weight excluding hydrogens is 270 g/mol. The van der Waals surface area contributed by atoms with Gasteiger partial charge >= 0.3 is 5.69 Å². The van der Waals surface area contributed by atoms with Gasteiger partial charge in [0.15, 0.2) is 0 Å². The number of benzene rings is 1. The molecule has 5 nitrogen and oxygen atoms in total. The smallest absolute Gasteiger partial charge is 0.305 e. The van der Waals surface area contributed by atoms with Crippen LogP contribution in [0.5, 0.6) is 0 Å². The molecule has 1 rings (SSSR count). The maximum atomic E-state index is 13.5. The van der Waals surface area contributed by atoms with Crippen LogP contribution in [0.3, 0.4) is 0 Å². The molecule has 20 heavy (non-hydrogen) atoms. The summed E-state index contributed by atoms with van der Waals surface area (Å²) in [6, 6.07) is 1.37. The highest BCUT2D eigenvalue weighted by Gasteiger charge is 2.22. The van der Waals surface area contributed by atoms with Crippen molar-refractivity contribution in [3.63, 3.8) is 0 Å². The Balaban J connectivity index is 2.78. The zero-order chi connectivity index (χ0) is 15.3. The topological polar surface area (TPSA) is 75.4 Å². The fraction of sp³-hybridized carbons (Fsp3) is 0.538. The van der Waals surface area contributed by atoms with Crippen molar-refractivity contribution in [2.24, 2.45) is 0 Å². The van der Waals surface area contributed by atoms with Crippen LogP contribution in [0.25, 0.3) is 0 Å². The quantitative estimate of drug-likeness (QED) is 0.597. The highest BCUT2D eigenvalue weighted by atomic mass is 19.1. The first-order valence-electron chi connectivity index (χ1n) is 6.38. The molecule has 0 aliphatic rings. The molecule has 1 aromatic carbocycles. The second-order valence-corrected chi connectivity index (χ2v) is 4.69. The van der Waals surface area contributed by atoms with Gasteiger partial charge < -0.3 is 10.4 Å². The number of hydrogen-bond donors (Lipinski definition) is 2. The van der Waals surface area contributed by atoms with Crippen molar-refractivity contribution >= 4 is 5.69 Å². The van der Waals surface area contributed by atoms with E-state index in [-0.39, 0.29) is 18.7 Å². The Kier molecular flexibility index (Phi) is 5.52. The van der Waals surface area contributed by atoms with Crippen LogP contribution in [0.15, 0.2) is 12.1 Å². The molecule has 0 unspecified atom stereocenters. The summed E-state index contributed by atoms with van der Waals surface area (Å²) in [5, 5.41) is 23.5. The van der Waals surface area contributed by atoms with Crippen molar-refractivity contribution in [1.29, 1.82) is 0 Å². The summed E-state index contributed by atoms with van der Waals surface area (Å²) in [4.78, 5) is 9.70. The molecular formula is C13H18F2N2O3. The number of nitro benzene ring substituents is 1. The second-order valence-electron chi connectivity index (χ2n) is 4.69. The summed E-state index contributed by atoms with van der Waals surface area (Å²) in [7, 11) is 0. The molecule has 2 N–H and O–H groups in total. The summed E-state index contributed by atoms with van der Waals surface area (Å²) in [6.45, 7) is 3.86. The maximum absolute atomic E-state index is 13.5. The summed E-state index contributed by atoms with van der Waals surface area (Å²) in [6.07, 6.45) is 1.06. The number of nitrogens with zero attached hydrogens (tertiary/aromatic N) is 1. The molecule has 0 amide bonds. The van der Waals surface area contributed by atoms with Crippen LogP contribution >= 0.6 is 0 Å². The van der Waals surface area contributed by atoms with Gasteiger partial charge in [-0.2, -0.15) is 4.39 Å².